The van der Waals surface area contributed by atoms with E-state index in [4.69, 9.17) is 0 Å². The molecule has 0 saturated heterocycles. The minimum atomic E-state index is -2.87. The molecule has 1 N–H and O–H groups in total. The van der Waals surface area contributed by atoms with Gasteiger partial charge < -0.3 is 4.98 Å². The summed E-state index contributed by atoms with van der Waals surface area (Å²) in [7, 11) is 0. The van der Waals surface area contributed by atoms with Gasteiger partial charge in [-0.25, -0.2) is 8.78 Å². The molecule has 0 amide bonds. The molecule has 3 aromatic carbocycles. The van der Waals surface area contributed by atoms with Crippen LogP contribution in [-0.2, 0) is 5.92 Å². The van der Waals surface area contributed by atoms with E-state index in [0.29, 0.717) is 0 Å². The van der Waals surface area contributed by atoms with E-state index < -0.39 is 5.92 Å². The van der Waals surface area contributed by atoms with Crippen LogP contribution in [0.1, 0.15) is 55.4 Å². The Morgan fingerprint density at radius 1 is 0.912 bits per heavy atom. The third-order valence-corrected chi connectivity index (χ3v) is 6.60. The van der Waals surface area contributed by atoms with Crippen LogP contribution in [0.4, 0.5) is 14.5 Å². The van der Waals surface area contributed by atoms with Crippen molar-refractivity contribution >= 4 is 34.0 Å². The first-order chi connectivity index (χ1) is 16.5. The fourth-order valence-electron chi connectivity index (χ4n) is 4.83. The molecule has 0 fully saturated rings. The van der Waals surface area contributed by atoms with E-state index >= 15 is 0 Å². The predicted octanol–water partition coefficient (Wildman–Crippen LogP) is 8.16. The number of H-pyrrole nitrogens is 1. The van der Waals surface area contributed by atoms with E-state index in [1.807, 2.05) is 30.5 Å². The molecule has 0 saturated carbocycles. The number of para-hydroxylation sites is 2. The molecule has 5 rings (SSSR count). The van der Waals surface area contributed by atoms with E-state index in [1.54, 1.807) is 12.1 Å². The van der Waals surface area contributed by atoms with Crippen LogP contribution in [0.25, 0.3) is 22.0 Å². The lowest BCUT2D eigenvalue weighted by atomic mass is 9.89. The smallest absolute Gasteiger partial charge is 0.270 e. The van der Waals surface area contributed by atoms with Crippen molar-refractivity contribution in [1.82, 2.24) is 4.98 Å². The highest BCUT2D eigenvalue weighted by Crippen LogP contribution is 2.41. The summed E-state index contributed by atoms with van der Waals surface area (Å²) in [6, 6.07) is 23.4. The van der Waals surface area contributed by atoms with Crippen molar-refractivity contribution in [2.75, 3.05) is 6.54 Å². The van der Waals surface area contributed by atoms with Gasteiger partial charge in [0.05, 0.1) is 11.1 Å². The molecule has 0 radical (unpaired) electrons. The molecular formula is C30H29F2N2+. The van der Waals surface area contributed by atoms with Gasteiger partial charge in [0.1, 0.15) is 6.54 Å². The Labute approximate surface area is 199 Å². The summed E-state index contributed by atoms with van der Waals surface area (Å²) in [5.41, 5.74) is 7.61. The van der Waals surface area contributed by atoms with Gasteiger partial charge in [0.15, 0.2) is 6.21 Å². The van der Waals surface area contributed by atoms with E-state index in [1.165, 1.54) is 24.1 Å². The van der Waals surface area contributed by atoms with Crippen LogP contribution in [-0.4, -0.2) is 22.3 Å². The number of aromatic nitrogens is 1. The first-order valence-corrected chi connectivity index (χ1v) is 12.0. The topological polar surface area (TPSA) is 18.8 Å². The van der Waals surface area contributed by atoms with Crippen LogP contribution in [0.5, 0.6) is 0 Å². The SMILES string of the molecule is CCCCC[N+]1=C/C(=C(/c2ccc(C(C)(F)F)cc2)c2c[nH]c3ccccc23)c2ccccc21. The lowest BCUT2D eigenvalue weighted by Gasteiger charge is -2.14. The molecule has 34 heavy (non-hydrogen) atoms. The molecule has 0 unspecified atom stereocenters. The molecule has 1 aliphatic heterocycles. The molecule has 2 heterocycles. The van der Waals surface area contributed by atoms with Crippen LogP contribution in [0, 0.1) is 0 Å². The molecular weight excluding hydrogens is 426 g/mol. The standard InChI is InChI=1S/C30H28F2N2/c1-3-4-9-18-34-20-26(24-11-6-8-13-28(24)34)29(21-14-16-22(17-15-21)30(2,31)32)25-19-33-27-12-7-5-10-23(25)27/h5-8,10-17,19-20H,3-4,9,18H2,1-2H3/p+1. The summed E-state index contributed by atoms with van der Waals surface area (Å²) in [6.45, 7) is 4.11. The highest BCUT2D eigenvalue weighted by atomic mass is 19.3. The molecule has 1 aromatic heterocycles. The quantitative estimate of drug-likeness (QED) is 0.214. The van der Waals surface area contributed by atoms with Crippen LogP contribution < -0.4 is 0 Å². The summed E-state index contributed by atoms with van der Waals surface area (Å²) in [4.78, 5) is 3.39. The lowest BCUT2D eigenvalue weighted by Crippen LogP contribution is -2.07. The minimum Gasteiger partial charge on any atom is -0.361 e. The molecule has 0 atom stereocenters. The number of nitrogens with zero attached hydrogens (tertiary/aromatic N) is 1. The molecule has 172 valence electrons. The Bertz CT molecular complexity index is 1390. The van der Waals surface area contributed by atoms with Crippen molar-refractivity contribution < 1.29 is 13.4 Å². The number of fused-ring (bicyclic) bond motifs is 2. The second kappa shape index (κ2) is 9.02. The average Bonchev–Trinajstić information content (AvgIpc) is 3.42. The van der Waals surface area contributed by atoms with Gasteiger partial charge in [-0.05, 0) is 24.1 Å². The van der Waals surface area contributed by atoms with Gasteiger partial charge in [0.2, 0.25) is 5.69 Å². The number of hydrogen-bond donors (Lipinski definition) is 1. The maximum Gasteiger partial charge on any atom is 0.270 e. The largest absolute Gasteiger partial charge is 0.361 e. The molecule has 0 bridgehead atoms. The van der Waals surface area contributed by atoms with Gasteiger partial charge in [-0.1, -0.05) is 67.9 Å². The highest BCUT2D eigenvalue weighted by Gasteiger charge is 2.30. The number of aromatic amines is 1. The van der Waals surface area contributed by atoms with Crippen LogP contribution >= 0.6 is 0 Å². The number of benzene rings is 3. The maximum absolute atomic E-state index is 13.9. The average molecular weight is 456 g/mol. The van der Waals surface area contributed by atoms with E-state index in [9.17, 15) is 8.78 Å². The van der Waals surface area contributed by atoms with Gasteiger partial charge in [-0.3, -0.25) is 0 Å². The third-order valence-electron chi connectivity index (χ3n) is 6.60. The fraction of sp³-hybridized carbons (Fsp3) is 0.233. The number of allylic oxidation sites excluding steroid dienone is 1. The van der Waals surface area contributed by atoms with E-state index in [-0.39, 0.29) is 5.56 Å². The number of hydrogen-bond acceptors (Lipinski definition) is 0. The fourth-order valence-corrected chi connectivity index (χ4v) is 4.83. The summed E-state index contributed by atoms with van der Waals surface area (Å²) >= 11 is 0. The number of halogens is 2. The Kier molecular flexibility index (Phi) is 5.91. The summed E-state index contributed by atoms with van der Waals surface area (Å²) in [5.74, 6) is -2.87. The Morgan fingerprint density at radius 3 is 2.41 bits per heavy atom. The Balaban J connectivity index is 1.74. The van der Waals surface area contributed by atoms with Crippen molar-refractivity contribution in [1.29, 1.82) is 0 Å². The van der Waals surface area contributed by atoms with Gasteiger partial charge in [0.25, 0.3) is 5.92 Å². The second-order valence-electron chi connectivity index (χ2n) is 9.05. The van der Waals surface area contributed by atoms with Crippen LogP contribution in [0.15, 0.2) is 79.0 Å². The van der Waals surface area contributed by atoms with E-state index in [2.05, 4.69) is 59.1 Å². The Morgan fingerprint density at radius 2 is 1.65 bits per heavy atom. The van der Waals surface area contributed by atoms with Crippen LogP contribution in [0.2, 0.25) is 0 Å². The lowest BCUT2D eigenvalue weighted by molar-refractivity contribution is -0.432. The van der Waals surface area contributed by atoms with Crippen molar-refractivity contribution in [3.8, 4) is 0 Å². The zero-order valence-electron chi connectivity index (χ0n) is 19.6. The summed E-state index contributed by atoms with van der Waals surface area (Å²) in [5, 5.41) is 1.12. The molecule has 4 heteroatoms. The van der Waals surface area contributed by atoms with Gasteiger partial charge in [-0.2, -0.15) is 4.58 Å². The number of alkyl halides is 2. The zero-order valence-corrected chi connectivity index (χ0v) is 19.6. The van der Waals surface area contributed by atoms with E-state index in [0.717, 1.165) is 53.1 Å². The van der Waals surface area contributed by atoms with Crippen molar-refractivity contribution in [2.24, 2.45) is 0 Å². The first-order valence-electron chi connectivity index (χ1n) is 12.0. The molecule has 2 nitrogen and oxygen atoms in total. The number of unbranched alkanes of at least 4 members (excludes halogenated alkanes) is 2. The summed E-state index contributed by atoms with van der Waals surface area (Å²) < 4.78 is 30.2. The van der Waals surface area contributed by atoms with Gasteiger partial charge in [-0.15, -0.1) is 0 Å². The monoisotopic (exact) mass is 455 g/mol. The normalized spacial score (nSPS) is 14.9. The minimum absolute atomic E-state index is 0.0246. The second-order valence-corrected chi connectivity index (χ2v) is 9.05. The molecule has 4 aromatic rings. The Hall–Kier alpha value is -3.53. The zero-order chi connectivity index (χ0) is 23.7. The van der Waals surface area contributed by atoms with Crippen molar-refractivity contribution in [3.05, 3.63) is 101 Å². The van der Waals surface area contributed by atoms with Crippen molar-refractivity contribution in [3.63, 3.8) is 0 Å². The highest BCUT2D eigenvalue weighted by molar-refractivity contribution is 6.25. The van der Waals surface area contributed by atoms with Gasteiger partial charge >= 0.3 is 0 Å². The molecule has 0 spiro atoms. The van der Waals surface area contributed by atoms with Gasteiger partial charge in [0, 0.05) is 53.2 Å². The molecule has 0 aliphatic carbocycles. The number of rotatable bonds is 7. The van der Waals surface area contributed by atoms with Crippen molar-refractivity contribution in [2.45, 2.75) is 39.0 Å². The number of nitrogens with one attached hydrogen (secondary N) is 1. The summed E-state index contributed by atoms with van der Waals surface area (Å²) in [6.07, 6.45) is 7.75. The third kappa shape index (κ3) is 4.09. The van der Waals surface area contributed by atoms with Crippen LogP contribution in [0.3, 0.4) is 0 Å². The molecule has 1 aliphatic rings. The predicted molar refractivity (Wildman–Crippen MR) is 137 cm³/mol. The maximum atomic E-state index is 13.9. The first kappa shape index (κ1) is 22.3.